The topological polar surface area (TPSA) is 56.2 Å². The molecular weight excluding hydrogens is 268 g/mol. The van der Waals surface area contributed by atoms with Gasteiger partial charge in [-0.2, -0.15) is 0 Å². The van der Waals surface area contributed by atoms with E-state index in [-0.39, 0.29) is 0 Å². The summed E-state index contributed by atoms with van der Waals surface area (Å²) in [6.45, 7) is 2.05. The van der Waals surface area contributed by atoms with Gasteiger partial charge in [-0.15, -0.1) is 0 Å². The van der Waals surface area contributed by atoms with Crippen molar-refractivity contribution in [3.63, 3.8) is 0 Å². The third-order valence-corrected chi connectivity index (χ3v) is 3.36. The summed E-state index contributed by atoms with van der Waals surface area (Å²) in [5.41, 5.74) is 10.6. The fraction of sp³-hybridized carbons (Fsp3) is 0.133. The lowest BCUT2D eigenvalue weighted by Gasteiger charge is -2.06. The highest BCUT2D eigenvalue weighted by Crippen LogP contribution is 2.25. The third kappa shape index (κ3) is 2.16. The van der Waals surface area contributed by atoms with Gasteiger partial charge in [0.15, 0.2) is 0 Å². The number of rotatable bonds is 3. The molecule has 0 saturated heterocycles. The number of pyridine rings is 2. The molecule has 3 aromatic rings. The van der Waals surface area contributed by atoms with Crippen LogP contribution in [0.25, 0.3) is 16.9 Å². The van der Waals surface area contributed by atoms with Gasteiger partial charge in [0.1, 0.15) is 5.65 Å². The molecule has 4 nitrogen and oxygen atoms in total. The van der Waals surface area contributed by atoms with E-state index in [0.717, 1.165) is 28.3 Å². The van der Waals surface area contributed by atoms with Gasteiger partial charge in [-0.1, -0.05) is 18.3 Å². The number of nitrogens with zero attached hydrogens (tertiary/aromatic N) is 3. The van der Waals surface area contributed by atoms with Crippen molar-refractivity contribution < 1.29 is 0 Å². The van der Waals surface area contributed by atoms with Gasteiger partial charge in [-0.3, -0.25) is 4.98 Å². The predicted molar refractivity (Wildman–Crippen MR) is 83.6 cm³/mol. The predicted octanol–water partition coefficient (Wildman–Crippen LogP) is 2.53. The van der Waals surface area contributed by atoms with Crippen LogP contribution in [-0.2, 0) is 6.42 Å². The number of hydrogen-bond acceptors (Lipinski definition) is 3. The van der Waals surface area contributed by atoms with E-state index in [4.69, 9.17) is 22.9 Å². The maximum atomic E-state index is 5.75. The van der Waals surface area contributed by atoms with Gasteiger partial charge in [0.2, 0.25) is 0 Å². The Morgan fingerprint density at radius 1 is 1.30 bits per heavy atom. The number of aromatic nitrogens is 3. The lowest BCUT2D eigenvalue weighted by molar-refractivity contribution is 1.02. The van der Waals surface area contributed by atoms with E-state index in [2.05, 4.69) is 9.38 Å². The first kappa shape index (κ1) is 12.7. The SMILES string of the molecule is Cc1cccc2nc(-c3cccnc3)c(CC(N)=S)n12. The first-order chi connectivity index (χ1) is 9.66. The molecule has 0 radical (unpaired) electrons. The molecule has 0 aliphatic carbocycles. The molecule has 20 heavy (non-hydrogen) atoms. The molecular formula is C15H14N4S. The average molecular weight is 282 g/mol. The maximum Gasteiger partial charge on any atom is 0.137 e. The number of fused-ring (bicyclic) bond motifs is 1. The Balaban J connectivity index is 2.31. The van der Waals surface area contributed by atoms with Crippen molar-refractivity contribution in [3.05, 3.63) is 54.1 Å². The molecule has 3 aromatic heterocycles. The van der Waals surface area contributed by atoms with Gasteiger partial charge in [-0.25, -0.2) is 4.98 Å². The Morgan fingerprint density at radius 3 is 2.85 bits per heavy atom. The van der Waals surface area contributed by atoms with Crippen LogP contribution in [0.15, 0.2) is 42.7 Å². The maximum absolute atomic E-state index is 5.75. The molecule has 0 unspecified atom stereocenters. The van der Waals surface area contributed by atoms with Crippen molar-refractivity contribution in [2.45, 2.75) is 13.3 Å². The molecule has 0 aromatic carbocycles. The highest BCUT2D eigenvalue weighted by Gasteiger charge is 2.15. The molecule has 0 spiro atoms. The van der Waals surface area contributed by atoms with Crippen molar-refractivity contribution >= 4 is 22.9 Å². The van der Waals surface area contributed by atoms with Crippen molar-refractivity contribution in [3.8, 4) is 11.3 Å². The summed E-state index contributed by atoms with van der Waals surface area (Å²) < 4.78 is 2.10. The number of thiocarbonyl (C=S) groups is 1. The van der Waals surface area contributed by atoms with E-state index in [0.29, 0.717) is 11.4 Å². The van der Waals surface area contributed by atoms with E-state index < -0.39 is 0 Å². The number of nitrogens with two attached hydrogens (primary N) is 1. The Hall–Kier alpha value is -2.27. The van der Waals surface area contributed by atoms with Crippen LogP contribution in [0.1, 0.15) is 11.4 Å². The molecule has 0 fully saturated rings. The zero-order chi connectivity index (χ0) is 14.1. The van der Waals surface area contributed by atoms with Crippen LogP contribution in [0.4, 0.5) is 0 Å². The lowest BCUT2D eigenvalue weighted by Crippen LogP contribution is -2.13. The second kappa shape index (κ2) is 5.02. The minimum atomic E-state index is 0.459. The number of aryl methyl sites for hydroxylation is 1. The molecule has 0 atom stereocenters. The fourth-order valence-corrected chi connectivity index (χ4v) is 2.53. The van der Waals surface area contributed by atoms with Crippen molar-refractivity contribution in [2.24, 2.45) is 5.73 Å². The van der Waals surface area contributed by atoms with Crippen LogP contribution in [0.2, 0.25) is 0 Å². The standard InChI is InChI=1S/C15H14N4S/c1-10-4-2-6-14-18-15(11-5-3-7-17-9-11)12(19(10)14)8-13(16)20/h2-7,9H,8H2,1H3,(H2,16,20). The third-order valence-electron chi connectivity index (χ3n) is 3.21. The van der Waals surface area contributed by atoms with Crippen LogP contribution in [0.5, 0.6) is 0 Å². The summed E-state index contributed by atoms with van der Waals surface area (Å²) >= 11 is 5.08. The highest BCUT2D eigenvalue weighted by atomic mass is 32.1. The minimum absolute atomic E-state index is 0.459. The Kier molecular flexibility index (Phi) is 3.20. The molecule has 0 saturated carbocycles. The van der Waals surface area contributed by atoms with Crippen molar-refractivity contribution in [1.29, 1.82) is 0 Å². The quantitative estimate of drug-likeness (QED) is 0.750. The summed E-state index contributed by atoms with van der Waals surface area (Å²) in [4.78, 5) is 9.32. The molecule has 0 aliphatic heterocycles. The molecule has 0 bridgehead atoms. The van der Waals surface area contributed by atoms with Crippen LogP contribution >= 0.6 is 12.2 Å². The first-order valence-corrected chi connectivity index (χ1v) is 6.73. The summed E-state index contributed by atoms with van der Waals surface area (Å²) in [6, 6.07) is 9.92. The molecule has 0 amide bonds. The van der Waals surface area contributed by atoms with Gasteiger partial charge in [-0.05, 0) is 31.2 Å². The van der Waals surface area contributed by atoms with Gasteiger partial charge < -0.3 is 10.1 Å². The van der Waals surface area contributed by atoms with Crippen LogP contribution in [0.3, 0.4) is 0 Å². The zero-order valence-electron chi connectivity index (χ0n) is 11.1. The van der Waals surface area contributed by atoms with Crippen LogP contribution < -0.4 is 5.73 Å². The molecule has 2 N–H and O–H groups in total. The highest BCUT2D eigenvalue weighted by molar-refractivity contribution is 7.80. The molecule has 5 heteroatoms. The largest absolute Gasteiger partial charge is 0.393 e. The van der Waals surface area contributed by atoms with E-state index in [9.17, 15) is 0 Å². The Bertz CT molecular complexity index is 777. The van der Waals surface area contributed by atoms with Crippen LogP contribution in [0, 0.1) is 6.92 Å². The van der Waals surface area contributed by atoms with Gasteiger partial charge in [0, 0.05) is 30.1 Å². The van der Waals surface area contributed by atoms with Gasteiger partial charge in [0.25, 0.3) is 0 Å². The first-order valence-electron chi connectivity index (χ1n) is 6.32. The normalized spacial score (nSPS) is 10.8. The Labute approximate surface area is 122 Å². The smallest absolute Gasteiger partial charge is 0.137 e. The number of hydrogen-bond donors (Lipinski definition) is 1. The molecule has 0 aliphatic rings. The van der Waals surface area contributed by atoms with E-state index in [1.165, 1.54) is 0 Å². The zero-order valence-corrected chi connectivity index (χ0v) is 11.9. The Morgan fingerprint density at radius 2 is 2.15 bits per heavy atom. The van der Waals surface area contributed by atoms with Crippen molar-refractivity contribution in [2.75, 3.05) is 0 Å². The van der Waals surface area contributed by atoms with E-state index in [1.807, 2.05) is 37.3 Å². The summed E-state index contributed by atoms with van der Waals surface area (Å²) in [5.74, 6) is 0. The lowest BCUT2D eigenvalue weighted by atomic mass is 10.1. The van der Waals surface area contributed by atoms with Crippen molar-refractivity contribution in [1.82, 2.24) is 14.4 Å². The summed E-state index contributed by atoms with van der Waals surface area (Å²) in [7, 11) is 0. The fourth-order valence-electron chi connectivity index (χ4n) is 2.39. The number of imidazole rings is 1. The van der Waals surface area contributed by atoms with Gasteiger partial charge >= 0.3 is 0 Å². The monoisotopic (exact) mass is 282 g/mol. The second-order valence-corrected chi connectivity index (χ2v) is 5.18. The summed E-state index contributed by atoms with van der Waals surface area (Å²) in [5, 5.41) is 0. The summed E-state index contributed by atoms with van der Waals surface area (Å²) in [6.07, 6.45) is 4.07. The van der Waals surface area contributed by atoms with E-state index >= 15 is 0 Å². The molecule has 100 valence electrons. The van der Waals surface area contributed by atoms with E-state index in [1.54, 1.807) is 12.4 Å². The second-order valence-electron chi connectivity index (χ2n) is 4.65. The van der Waals surface area contributed by atoms with Gasteiger partial charge in [0.05, 0.1) is 16.4 Å². The minimum Gasteiger partial charge on any atom is -0.393 e. The average Bonchev–Trinajstić information content (AvgIpc) is 2.79. The molecule has 3 rings (SSSR count). The molecule has 3 heterocycles. The van der Waals surface area contributed by atoms with Crippen LogP contribution in [-0.4, -0.2) is 19.4 Å².